The van der Waals surface area contributed by atoms with Gasteiger partial charge in [0.15, 0.2) is 0 Å². The zero-order valence-electron chi connectivity index (χ0n) is 13.2. The quantitative estimate of drug-likeness (QED) is 0.769. The average Bonchev–Trinajstić information content (AvgIpc) is 2.75. The van der Waals surface area contributed by atoms with Crippen molar-refractivity contribution in [3.63, 3.8) is 0 Å². The first-order chi connectivity index (χ1) is 9.85. The van der Waals surface area contributed by atoms with Crippen LogP contribution in [0.4, 0.5) is 0 Å². The molecule has 1 saturated carbocycles. The van der Waals surface area contributed by atoms with Gasteiger partial charge in [-0.05, 0) is 45.1 Å². The van der Waals surface area contributed by atoms with Crippen LogP contribution in [-0.2, 0) is 16.6 Å². The Morgan fingerprint density at radius 2 is 2.05 bits per heavy atom. The van der Waals surface area contributed by atoms with Crippen LogP contribution in [0, 0.1) is 18.8 Å². The number of aromatic amines is 1. The third kappa shape index (κ3) is 3.64. The van der Waals surface area contributed by atoms with E-state index < -0.39 is 10.0 Å². The van der Waals surface area contributed by atoms with Gasteiger partial charge in [-0.15, -0.1) is 0 Å². The summed E-state index contributed by atoms with van der Waals surface area (Å²) in [5.41, 5.74) is 1.13. The molecule has 0 aliphatic heterocycles. The number of aromatic nitrogens is 2. The van der Waals surface area contributed by atoms with Crippen LogP contribution >= 0.6 is 0 Å². The number of H-pyrrole nitrogens is 1. The largest absolute Gasteiger partial charge is 0.314 e. The summed E-state index contributed by atoms with van der Waals surface area (Å²) in [7, 11) is -1.76. The molecular weight excluding hydrogens is 288 g/mol. The second kappa shape index (κ2) is 6.46. The molecule has 0 radical (unpaired) electrons. The van der Waals surface area contributed by atoms with E-state index in [9.17, 15) is 8.42 Å². The molecule has 3 N–H and O–H groups in total. The molecule has 1 aliphatic rings. The number of rotatable bonds is 5. The van der Waals surface area contributed by atoms with E-state index in [2.05, 4.69) is 34.1 Å². The van der Waals surface area contributed by atoms with E-state index in [1.807, 2.05) is 0 Å². The molecule has 1 aromatic heterocycles. The summed E-state index contributed by atoms with van der Waals surface area (Å²) in [5.74, 6) is 1.04. The number of nitrogens with zero attached hydrogens (tertiary/aromatic N) is 1. The van der Waals surface area contributed by atoms with Gasteiger partial charge in [0.2, 0.25) is 10.0 Å². The summed E-state index contributed by atoms with van der Waals surface area (Å²) < 4.78 is 28.3. The fraction of sp³-hybridized carbons (Fsp3) is 0.786. The Kier molecular flexibility index (Phi) is 5.06. The van der Waals surface area contributed by atoms with Crippen LogP contribution in [0.15, 0.2) is 4.90 Å². The second-order valence-electron chi connectivity index (χ2n) is 6.28. The summed E-state index contributed by atoms with van der Waals surface area (Å²) in [4.78, 5) is 0.294. The van der Waals surface area contributed by atoms with Crippen LogP contribution in [0.5, 0.6) is 0 Å². The first-order valence-electron chi connectivity index (χ1n) is 7.56. The molecule has 120 valence electrons. The van der Waals surface area contributed by atoms with Crippen LogP contribution < -0.4 is 10.0 Å². The number of nitrogens with one attached hydrogen (secondary N) is 3. The minimum atomic E-state index is -3.53. The lowest BCUT2D eigenvalue weighted by Crippen LogP contribution is -2.42. The molecule has 0 aromatic carbocycles. The van der Waals surface area contributed by atoms with Crippen molar-refractivity contribution in [3.05, 3.63) is 11.4 Å². The van der Waals surface area contributed by atoms with Gasteiger partial charge in [-0.3, -0.25) is 5.10 Å². The Labute approximate surface area is 127 Å². The number of hydrogen-bond donors (Lipinski definition) is 3. The minimum absolute atomic E-state index is 0.0166. The van der Waals surface area contributed by atoms with Crippen molar-refractivity contribution in [2.24, 2.45) is 11.8 Å². The van der Waals surface area contributed by atoms with E-state index in [4.69, 9.17) is 0 Å². The Hall–Kier alpha value is -0.920. The van der Waals surface area contributed by atoms with Gasteiger partial charge in [-0.25, -0.2) is 13.1 Å². The van der Waals surface area contributed by atoms with E-state index in [0.717, 1.165) is 19.3 Å². The molecule has 0 amide bonds. The van der Waals surface area contributed by atoms with Crippen molar-refractivity contribution in [2.45, 2.75) is 57.5 Å². The minimum Gasteiger partial charge on any atom is -0.314 e. The number of aryl methyl sites for hydroxylation is 1. The summed E-state index contributed by atoms with van der Waals surface area (Å²) in [6.45, 7) is 6.52. The monoisotopic (exact) mass is 314 g/mol. The van der Waals surface area contributed by atoms with Crippen LogP contribution in [-0.4, -0.2) is 31.7 Å². The highest BCUT2D eigenvalue weighted by molar-refractivity contribution is 7.89. The van der Waals surface area contributed by atoms with Crippen molar-refractivity contribution < 1.29 is 8.42 Å². The van der Waals surface area contributed by atoms with Crippen LogP contribution in [0.25, 0.3) is 0 Å². The Balaban J connectivity index is 2.21. The SMILES string of the molecule is CNCc1n[nH]c(C)c1S(=O)(=O)NC1CCC(C)CC1C. The van der Waals surface area contributed by atoms with Gasteiger partial charge >= 0.3 is 0 Å². The Morgan fingerprint density at radius 3 is 2.67 bits per heavy atom. The average molecular weight is 314 g/mol. The first-order valence-corrected chi connectivity index (χ1v) is 9.04. The first kappa shape index (κ1) is 16.5. The van der Waals surface area contributed by atoms with Crippen molar-refractivity contribution in [3.8, 4) is 0 Å². The molecule has 1 heterocycles. The number of hydrogen-bond acceptors (Lipinski definition) is 4. The molecule has 1 aromatic rings. The molecule has 6 nitrogen and oxygen atoms in total. The van der Waals surface area contributed by atoms with Gasteiger partial charge < -0.3 is 5.32 Å². The van der Waals surface area contributed by atoms with E-state index in [0.29, 0.717) is 34.7 Å². The van der Waals surface area contributed by atoms with Gasteiger partial charge in [0.25, 0.3) is 0 Å². The van der Waals surface area contributed by atoms with Crippen molar-refractivity contribution in [2.75, 3.05) is 7.05 Å². The van der Waals surface area contributed by atoms with Gasteiger partial charge in [0, 0.05) is 12.6 Å². The Morgan fingerprint density at radius 1 is 1.33 bits per heavy atom. The van der Waals surface area contributed by atoms with Gasteiger partial charge in [0.1, 0.15) is 4.90 Å². The van der Waals surface area contributed by atoms with Crippen LogP contribution in [0.2, 0.25) is 0 Å². The summed E-state index contributed by atoms with van der Waals surface area (Å²) >= 11 is 0. The maximum absolute atomic E-state index is 12.7. The van der Waals surface area contributed by atoms with Crippen molar-refractivity contribution >= 4 is 10.0 Å². The molecule has 0 saturated heterocycles. The second-order valence-corrected chi connectivity index (χ2v) is 7.93. The van der Waals surface area contributed by atoms with Gasteiger partial charge in [0.05, 0.1) is 11.4 Å². The molecular formula is C14H26N4O2S. The molecule has 21 heavy (non-hydrogen) atoms. The molecule has 2 rings (SSSR count). The third-order valence-electron chi connectivity index (χ3n) is 4.31. The van der Waals surface area contributed by atoms with E-state index in [-0.39, 0.29) is 6.04 Å². The molecule has 0 bridgehead atoms. The van der Waals surface area contributed by atoms with E-state index in [1.165, 1.54) is 0 Å². The van der Waals surface area contributed by atoms with Crippen molar-refractivity contribution in [1.29, 1.82) is 0 Å². The maximum Gasteiger partial charge on any atom is 0.244 e. The molecule has 1 aliphatic carbocycles. The predicted octanol–water partition coefficient (Wildman–Crippen LogP) is 1.54. The lowest BCUT2D eigenvalue weighted by molar-refractivity contribution is 0.249. The molecule has 3 atom stereocenters. The number of sulfonamides is 1. The molecule has 0 spiro atoms. The summed E-state index contributed by atoms with van der Waals surface area (Å²) in [6.07, 6.45) is 3.05. The third-order valence-corrected chi connectivity index (χ3v) is 6.00. The van der Waals surface area contributed by atoms with Crippen LogP contribution in [0.1, 0.15) is 44.5 Å². The molecule has 3 unspecified atom stereocenters. The molecule has 7 heteroatoms. The van der Waals surface area contributed by atoms with Gasteiger partial charge in [-0.1, -0.05) is 13.8 Å². The van der Waals surface area contributed by atoms with E-state index in [1.54, 1.807) is 14.0 Å². The fourth-order valence-electron chi connectivity index (χ4n) is 3.21. The highest BCUT2D eigenvalue weighted by Crippen LogP contribution is 2.30. The lowest BCUT2D eigenvalue weighted by Gasteiger charge is -2.32. The van der Waals surface area contributed by atoms with Gasteiger partial charge in [-0.2, -0.15) is 5.10 Å². The molecule has 1 fully saturated rings. The highest BCUT2D eigenvalue weighted by atomic mass is 32.2. The van der Waals surface area contributed by atoms with Crippen LogP contribution in [0.3, 0.4) is 0 Å². The Bertz CT molecular complexity index is 582. The van der Waals surface area contributed by atoms with E-state index >= 15 is 0 Å². The maximum atomic E-state index is 12.7. The smallest absolute Gasteiger partial charge is 0.244 e. The highest BCUT2D eigenvalue weighted by Gasteiger charge is 2.32. The summed E-state index contributed by atoms with van der Waals surface area (Å²) in [5, 5.41) is 9.82. The summed E-state index contributed by atoms with van der Waals surface area (Å²) in [6, 6.07) is 0.0166. The normalized spacial score (nSPS) is 27.0. The lowest BCUT2D eigenvalue weighted by atomic mass is 9.80. The fourth-order valence-corrected chi connectivity index (χ4v) is 4.96. The zero-order chi connectivity index (χ0) is 15.6. The standard InChI is InChI=1S/C14H26N4O2S/c1-9-5-6-12(10(2)7-9)18-21(19,20)14-11(3)16-17-13(14)8-15-4/h9-10,12,15,18H,5-8H2,1-4H3,(H,16,17). The van der Waals surface area contributed by atoms with Crippen molar-refractivity contribution in [1.82, 2.24) is 20.2 Å². The zero-order valence-corrected chi connectivity index (χ0v) is 14.0. The topological polar surface area (TPSA) is 86.9 Å². The predicted molar refractivity (Wildman–Crippen MR) is 82.4 cm³/mol.